The minimum Gasteiger partial charge on any atom is -0.310 e. The second-order valence-corrected chi connectivity index (χ2v) is 13.8. The van der Waals surface area contributed by atoms with E-state index < -0.39 is 5.41 Å². The first kappa shape index (κ1) is 32.5. The lowest BCUT2D eigenvalue weighted by atomic mass is 9.66. The normalized spacial score (nSPS) is 16.5. The molecular formula is C50H45N. The van der Waals surface area contributed by atoms with Crippen molar-refractivity contribution in [3.8, 4) is 11.1 Å². The van der Waals surface area contributed by atoms with Crippen LogP contribution in [-0.4, -0.2) is 0 Å². The molecule has 0 N–H and O–H groups in total. The molecule has 6 aromatic rings. The summed E-state index contributed by atoms with van der Waals surface area (Å²) < 4.78 is 0. The van der Waals surface area contributed by atoms with Gasteiger partial charge in [0.05, 0.1) is 5.41 Å². The Balaban J connectivity index is 1.39. The Morgan fingerprint density at radius 1 is 0.725 bits per heavy atom. The maximum Gasteiger partial charge on any atom is 0.0705 e. The van der Waals surface area contributed by atoms with E-state index >= 15 is 0 Å². The van der Waals surface area contributed by atoms with Crippen LogP contribution in [0.15, 0.2) is 182 Å². The average Bonchev–Trinajstić information content (AvgIpc) is 3.48. The number of unbranched alkanes of at least 4 members (excludes halogenated alkanes) is 1. The standard InChI is InChI=1S/C50H45N/c1-4-6-9-18-36(3)50(40-22-10-8-11-23-40)47-26-16-15-25-45(47)46-33-31-42(35-48(46)50)51(49-27-17-13-21-38(49)19-7-5-2)41-30-32-44-39(34-41)29-28-37-20-12-14-24-43(37)44/h4,6,9-10,12-18,20-35H,3,5,7-8,11,19H2,1-2H3/b6-4-,18-9-. The molecule has 8 rings (SSSR count). The van der Waals surface area contributed by atoms with Crippen molar-refractivity contribution in [3.63, 3.8) is 0 Å². The lowest BCUT2D eigenvalue weighted by molar-refractivity contribution is 0.753. The van der Waals surface area contributed by atoms with Crippen molar-refractivity contribution in [1.82, 2.24) is 0 Å². The van der Waals surface area contributed by atoms with Crippen LogP contribution in [0.4, 0.5) is 17.1 Å². The van der Waals surface area contributed by atoms with Gasteiger partial charge in [0.25, 0.3) is 0 Å². The van der Waals surface area contributed by atoms with E-state index in [4.69, 9.17) is 6.58 Å². The SMILES string of the molecule is C=C(/C=C\C=C/C)C1(C2=CCCC=C2)c2ccccc2-c2ccc(N(c3ccc4c(ccc5ccccc54)c3)c3ccccc3CCCC)cc21. The molecule has 0 aliphatic heterocycles. The summed E-state index contributed by atoms with van der Waals surface area (Å²) in [6.07, 6.45) is 21.1. The van der Waals surface area contributed by atoms with Gasteiger partial charge in [0.2, 0.25) is 0 Å². The van der Waals surface area contributed by atoms with Crippen LogP contribution in [0.1, 0.15) is 56.2 Å². The van der Waals surface area contributed by atoms with Gasteiger partial charge in [-0.05, 0) is 123 Å². The molecule has 0 saturated carbocycles. The number of para-hydroxylation sites is 1. The van der Waals surface area contributed by atoms with Gasteiger partial charge in [0, 0.05) is 17.1 Å². The first-order valence-corrected chi connectivity index (χ1v) is 18.5. The van der Waals surface area contributed by atoms with Crippen LogP contribution in [0.2, 0.25) is 0 Å². The lowest BCUT2D eigenvalue weighted by Crippen LogP contribution is -2.29. The van der Waals surface area contributed by atoms with Gasteiger partial charge in [-0.25, -0.2) is 0 Å². The zero-order valence-corrected chi connectivity index (χ0v) is 29.8. The number of nitrogens with zero attached hydrogens (tertiary/aromatic N) is 1. The van der Waals surface area contributed by atoms with E-state index in [0.717, 1.165) is 49.1 Å². The summed E-state index contributed by atoms with van der Waals surface area (Å²) in [5, 5.41) is 5.07. The molecule has 0 spiro atoms. The van der Waals surface area contributed by atoms with Crippen molar-refractivity contribution in [2.45, 2.75) is 51.4 Å². The molecule has 1 heteroatoms. The molecule has 6 aromatic carbocycles. The van der Waals surface area contributed by atoms with Crippen LogP contribution >= 0.6 is 0 Å². The fraction of sp³-hybridized carbons (Fsp3) is 0.160. The second kappa shape index (κ2) is 13.9. The number of allylic oxidation sites excluding steroid dienone is 9. The summed E-state index contributed by atoms with van der Waals surface area (Å²) >= 11 is 0. The minimum atomic E-state index is -0.507. The van der Waals surface area contributed by atoms with Crippen LogP contribution < -0.4 is 4.90 Å². The third kappa shape index (κ3) is 5.58. The van der Waals surface area contributed by atoms with Crippen LogP contribution in [-0.2, 0) is 11.8 Å². The van der Waals surface area contributed by atoms with E-state index in [1.54, 1.807) is 0 Å². The Morgan fingerprint density at radius 3 is 2.33 bits per heavy atom. The van der Waals surface area contributed by atoms with Gasteiger partial charge < -0.3 is 4.90 Å². The average molecular weight is 660 g/mol. The molecule has 2 aliphatic carbocycles. The Hall–Kier alpha value is -5.66. The minimum absolute atomic E-state index is 0.507. The van der Waals surface area contributed by atoms with Crippen molar-refractivity contribution in [1.29, 1.82) is 0 Å². The predicted molar refractivity (Wildman–Crippen MR) is 221 cm³/mol. The molecule has 2 aliphatic rings. The molecule has 1 atom stereocenters. The van der Waals surface area contributed by atoms with Crippen LogP contribution in [0.3, 0.4) is 0 Å². The number of aryl methyl sites for hydroxylation is 1. The summed E-state index contributed by atoms with van der Waals surface area (Å²) in [5.41, 5.74) is 11.9. The maximum absolute atomic E-state index is 4.84. The highest BCUT2D eigenvalue weighted by atomic mass is 15.1. The predicted octanol–water partition coefficient (Wildman–Crippen LogP) is 14.0. The van der Waals surface area contributed by atoms with Gasteiger partial charge in [0.1, 0.15) is 0 Å². The number of anilines is 3. The van der Waals surface area contributed by atoms with E-state index in [1.165, 1.54) is 60.6 Å². The van der Waals surface area contributed by atoms with Crippen LogP contribution in [0, 0.1) is 0 Å². The van der Waals surface area contributed by atoms with Gasteiger partial charge >= 0.3 is 0 Å². The zero-order chi connectivity index (χ0) is 34.8. The van der Waals surface area contributed by atoms with Crippen molar-refractivity contribution < 1.29 is 0 Å². The van der Waals surface area contributed by atoms with Crippen molar-refractivity contribution >= 4 is 38.6 Å². The Bertz CT molecular complexity index is 2400. The van der Waals surface area contributed by atoms with Crippen LogP contribution in [0.5, 0.6) is 0 Å². The topological polar surface area (TPSA) is 3.24 Å². The van der Waals surface area contributed by atoms with Crippen LogP contribution in [0.25, 0.3) is 32.7 Å². The number of benzene rings is 6. The van der Waals surface area contributed by atoms with Gasteiger partial charge in [-0.2, -0.15) is 0 Å². The van der Waals surface area contributed by atoms with E-state index in [2.05, 4.69) is 183 Å². The quantitative estimate of drug-likeness (QED) is 0.104. The maximum atomic E-state index is 4.84. The smallest absolute Gasteiger partial charge is 0.0705 e. The summed E-state index contributed by atoms with van der Waals surface area (Å²) in [4.78, 5) is 2.50. The Kier molecular flexibility index (Phi) is 8.88. The third-order valence-electron chi connectivity index (χ3n) is 10.8. The van der Waals surface area contributed by atoms with Crippen molar-refractivity contribution in [2.75, 3.05) is 4.90 Å². The lowest BCUT2D eigenvalue weighted by Gasteiger charge is -2.37. The van der Waals surface area contributed by atoms with Crippen molar-refractivity contribution in [3.05, 3.63) is 198 Å². The highest BCUT2D eigenvalue weighted by Gasteiger charge is 2.47. The van der Waals surface area contributed by atoms with E-state index in [1.807, 2.05) is 0 Å². The molecule has 51 heavy (non-hydrogen) atoms. The largest absolute Gasteiger partial charge is 0.310 e. The Morgan fingerprint density at radius 2 is 1.47 bits per heavy atom. The van der Waals surface area contributed by atoms with Crippen molar-refractivity contribution in [2.24, 2.45) is 0 Å². The molecule has 250 valence electrons. The number of hydrogen-bond acceptors (Lipinski definition) is 1. The fourth-order valence-electron chi connectivity index (χ4n) is 8.42. The fourth-order valence-corrected chi connectivity index (χ4v) is 8.42. The number of hydrogen-bond donors (Lipinski definition) is 0. The third-order valence-corrected chi connectivity index (χ3v) is 10.8. The summed E-state index contributed by atoms with van der Waals surface area (Å²) in [6.45, 7) is 9.18. The molecule has 0 radical (unpaired) electrons. The monoisotopic (exact) mass is 659 g/mol. The van der Waals surface area contributed by atoms with Gasteiger partial charge in [0.15, 0.2) is 0 Å². The second-order valence-electron chi connectivity index (χ2n) is 13.8. The summed E-state index contributed by atoms with van der Waals surface area (Å²) in [6, 6.07) is 45.3. The van der Waals surface area contributed by atoms with E-state index in [-0.39, 0.29) is 0 Å². The number of rotatable bonds is 10. The molecule has 1 unspecified atom stereocenters. The first-order chi connectivity index (χ1) is 25.1. The molecule has 0 fully saturated rings. The molecule has 0 saturated heterocycles. The summed E-state index contributed by atoms with van der Waals surface area (Å²) in [7, 11) is 0. The highest BCUT2D eigenvalue weighted by molar-refractivity contribution is 6.08. The first-order valence-electron chi connectivity index (χ1n) is 18.5. The molecule has 0 aromatic heterocycles. The van der Waals surface area contributed by atoms with Gasteiger partial charge in [-0.15, -0.1) is 0 Å². The van der Waals surface area contributed by atoms with Gasteiger partial charge in [-0.1, -0.05) is 153 Å². The molecule has 0 bridgehead atoms. The number of fused-ring (bicyclic) bond motifs is 6. The zero-order valence-electron chi connectivity index (χ0n) is 29.8. The van der Waals surface area contributed by atoms with Gasteiger partial charge in [-0.3, -0.25) is 0 Å². The summed E-state index contributed by atoms with van der Waals surface area (Å²) in [5.74, 6) is 0. The molecule has 1 nitrogen and oxygen atoms in total. The molecule has 0 amide bonds. The Labute approximate surface area is 303 Å². The molecule has 0 heterocycles. The highest BCUT2D eigenvalue weighted by Crippen LogP contribution is 2.58. The van der Waals surface area contributed by atoms with E-state index in [0.29, 0.717) is 0 Å². The molecular weight excluding hydrogens is 615 g/mol. The van der Waals surface area contributed by atoms with E-state index in [9.17, 15) is 0 Å².